The molecule has 1 amide bonds. The largest absolute Gasteiger partial charge is 0.449 e. The van der Waals surface area contributed by atoms with Gasteiger partial charge in [0.1, 0.15) is 5.56 Å². The number of halogens is 6. The highest BCUT2D eigenvalue weighted by atomic mass is 19.4. The number of hydrogen-bond donors (Lipinski definition) is 1. The number of alkyl halides is 6. The highest BCUT2D eigenvalue weighted by Crippen LogP contribution is 2.29. The Labute approximate surface area is 189 Å². The second-order valence-electron chi connectivity index (χ2n) is 7.58. The van der Waals surface area contributed by atoms with Crippen LogP contribution in [0.25, 0.3) is 0 Å². The van der Waals surface area contributed by atoms with Crippen LogP contribution >= 0.6 is 0 Å². The van der Waals surface area contributed by atoms with Gasteiger partial charge >= 0.3 is 18.4 Å². The van der Waals surface area contributed by atoms with Crippen molar-refractivity contribution in [1.82, 2.24) is 19.9 Å². The monoisotopic (exact) mass is 493 g/mol. The SMILES string of the molecule is CCC1CN(c2ncc(C(F)(F)F)cn2)CCN1C(=O)OCCc1c[nH]c(=O)c(C(F)(F)F)c1. The van der Waals surface area contributed by atoms with Crippen molar-refractivity contribution in [2.24, 2.45) is 0 Å². The van der Waals surface area contributed by atoms with E-state index in [1.165, 1.54) is 4.90 Å². The molecular formula is C20H21F6N5O3. The molecule has 14 heteroatoms. The maximum absolute atomic E-state index is 12.9. The number of carbonyl (C=O) groups is 1. The summed E-state index contributed by atoms with van der Waals surface area (Å²) < 4.78 is 81.9. The van der Waals surface area contributed by atoms with Crippen molar-refractivity contribution in [3.63, 3.8) is 0 Å². The number of ether oxygens (including phenoxy) is 1. The summed E-state index contributed by atoms with van der Waals surface area (Å²) in [7, 11) is 0. The number of carbonyl (C=O) groups excluding carboxylic acids is 1. The van der Waals surface area contributed by atoms with Crippen molar-refractivity contribution in [2.75, 3.05) is 31.1 Å². The lowest BCUT2D eigenvalue weighted by Crippen LogP contribution is -2.55. The minimum atomic E-state index is -4.80. The lowest BCUT2D eigenvalue weighted by atomic mass is 10.1. The van der Waals surface area contributed by atoms with Gasteiger partial charge in [-0.05, 0) is 18.1 Å². The molecule has 1 fully saturated rings. The first-order valence-electron chi connectivity index (χ1n) is 10.3. The van der Waals surface area contributed by atoms with Crippen LogP contribution in [-0.2, 0) is 23.5 Å². The van der Waals surface area contributed by atoms with Crippen LogP contribution in [0.3, 0.4) is 0 Å². The number of nitrogens with zero attached hydrogens (tertiary/aromatic N) is 4. The molecule has 0 aliphatic carbocycles. The molecule has 3 heterocycles. The molecule has 0 spiro atoms. The molecule has 0 saturated carbocycles. The lowest BCUT2D eigenvalue weighted by Gasteiger charge is -2.40. The van der Waals surface area contributed by atoms with Crippen molar-refractivity contribution in [3.8, 4) is 0 Å². The summed E-state index contributed by atoms with van der Waals surface area (Å²) in [6, 6.07) is 0.377. The third-order valence-corrected chi connectivity index (χ3v) is 5.32. The first-order chi connectivity index (χ1) is 15.9. The van der Waals surface area contributed by atoms with E-state index in [1.54, 1.807) is 4.90 Å². The van der Waals surface area contributed by atoms with Crippen LogP contribution in [-0.4, -0.2) is 58.2 Å². The average molecular weight is 493 g/mol. The highest BCUT2D eigenvalue weighted by molar-refractivity contribution is 5.68. The number of anilines is 1. The first-order valence-corrected chi connectivity index (χ1v) is 10.3. The van der Waals surface area contributed by atoms with Gasteiger partial charge in [-0.2, -0.15) is 26.3 Å². The average Bonchev–Trinajstić information content (AvgIpc) is 2.78. The summed E-state index contributed by atoms with van der Waals surface area (Å²) in [6.45, 7) is 2.33. The van der Waals surface area contributed by atoms with E-state index in [2.05, 4.69) is 9.97 Å². The molecule has 0 radical (unpaired) electrons. The summed E-state index contributed by atoms with van der Waals surface area (Å²) >= 11 is 0. The maximum atomic E-state index is 12.9. The van der Waals surface area contributed by atoms with Crippen molar-refractivity contribution >= 4 is 12.0 Å². The van der Waals surface area contributed by atoms with Crippen LogP contribution in [0, 0.1) is 0 Å². The molecule has 1 N–H and O–H groups in total. The first kappa shape index (κ1) is 25.3. The third kappa shape index (κ3) is 5.97. The van der Waals surface area contributed by atoms with Gasteiger partial charge in [-0.25, -0.2) is 14.8 Å². The van der Waals surface area contributed by atoms with E-state index in [4.69, 9.17) is 4.74 Å². The molecule has 1 atom stereocenters. The third-order valence-electron chi connectivity index (χ3n) is 5.32. The van der Waals surface area contributed by atoms with Gasteiger partial charge < -0.3 is 19.5 Å². The Morgan fingerprint density at radius 1 is 1.15 bits per heavy atom. The van der Waals surface area contributed by atoms with Gasteiger partial charge in [-0.1, -0.05) is 6.92 Å². The van der Waals surface area contributed by atoms with Crippen LogP contribution in [0.15, 0.2) is 29.5 Å². The number of piperazine rings is 1. The van der Waals surface area contributed by atoms with Crippen molar-refractivity contribution in [1.29, 1.82) is 0 Å². The number of amides is 1. The van der Waals surface area contributed by atoms with Crippen LogP contribution in [0.2, 0.25) is 0 Å². The molecule has 2 aromatic heterocycles. The standard InChI is InChI=1S/C20H21F6N5O3/c1-2-14-11-30(17-28-9-13(10-29-17)19(21,22)23)4-5-31(14)18(33)34-6-3-12-7-15(20(24,25)26)16(32)27-8-12/h7-10,14H,2-6,11H2,1H3,(H,27,32). The zero-order chi connectivity index (χ0) is 25.1. The highest BCUT2D eigenvalue weighted by Gasteiger charge is 2.35. The summed E-state index contributed by atoms with van der Waals surface area (Å²) in [4.78, 5) is 36.5. The summed E-state index contributed by atoms with van der Waals surface area (Å²) in [5.74, 6) is 0.109. The van der Waals surface area contributed by atoms with Crippen molar-refractivity contribution < 1.29 is 35.9 Å². The molecule has 1 aliphatic heterocycles. The summed E-state index contributed by atoms with van der Waals surface area (Å²) in [5.41, 5.74) is -3.40. The Hall–Kier alpha value is -3.32. The second kappa shape index (κ2) is 9.89. The molecule has 1 saturated heterocycles. The number of pyridine rings is 1. The normalized spacial score (nSPS) is 17.1. The van der Waals surface area contributed by atoms with Crippen molar-refractivity contribution in [2.45, 2.75) is 38.2 Å². The topological polar surface area (TPSA) is 91.4 Å². The minimum absolute atomic E-state index is 0.0399. The molecule has 0 bridgehead atoms. The minimum Gasteiger partial charge on any atom is -0.449 e. The van der Waals surface area contributed by atoms with Gasteiger partial charge in [0, 0.05) is 44.6 Å². The molecular weight excluding hydrogens is 472 g/mol. The maximum Gasteiger partial charge on any atom is 0.421 e. The molecule has 1 aliphatic rings. The smallest absolute Gasteiger partial charge is 0.421 e. The van der Waals surface area contributed by atoms with Crippen LogP contribution in [0.1, 0.15) is 30.0 Å². The van der Waals surface area contributed by atoms with Gasteiger partial charge in [-0.3, -0.25) is 4.79 Å². The Balaban J connectivity index is 1.57. The molecule has 2 aromatic rings. The number of H-pyrrole nitrogens is 1. The molecule has 1 unspecified atom stereocenters. The summed E-state index contributed by atoms with van der Waals surface area (Å²) in [5, 5.41) is 0. The molecule has 8 nitrogen and oxygen atoms in total. The number of aromatic amines is 1. The summed E-state index contributed by atoms with van der Waals surface area (Å²) in [6.07, 6.45) is -7.01. The van der Waals surface area contributed by atoms with E-state index >= 15 is 0 Å². The van der Waals surface area contributed by atoms with E-state index < -0.39 is 35.1 Å². The Bertz CT molecular complexity index is 1050. The fourth-order valence-electron chi connectivity index (χ4n) is 3.48. The van der Waals surface area contributed by atoms with E-state index in [9.17, 15) is 35.9 Å². The van der Waals surface area contributed by atoms with Gasteiger partial charge in [-0.15, -0.1) is 0 Å². The predicted octanol–water partition coefficient (Wildman–Crippen LogP) is 3.48. The molecule has 0 aromatic carbocycles. The fraction of sp³-hybridized carbons (Fsp3) is 0.500. The van der Waals surface area contributed by atoms with Crippen LogP contribution in [0.5, 0.6) is 0 Å². The van der Waals surface area contributed by atoms with Gasteiger partial charge in [0.15, 0.2) is 0 Å². The van der Waals surface area contributed by atoms with E-state index in [1.807, 2.05) is 11.9 Å². The van der Waals surface area contributed by atoms with Gasteiger partial charge in [0.05, 0.1) is 18.2 Å². The predicted molar refractivity (Wildman–Crippen MR) is 107 cm³/mol. The van der Waals surface area contributed by atoms with Gasteiger partial charge in [0.25, 0.3) is 5.56 Å². The zero-order valence-electron chi connectivity index (χ0n) is 17.9. The second-order valence-corrected chi connectivity index (χ2v) is 7.58. The fourth-order valence-corrected chi connectivity index (χ4v) is 3.48. The van der Waals surface area contributed by atoms with E-state index in [-0.39, 0.29) is 50.2 Å². The number of rotatable bonds is 5. The Morgan fingerprint density at radius 3 is 2.41 bits per heavy atom. The van der Waals surface area contributed by atoms with E-state index in [0.717, 1.165) is 6.20 Å². The number of aromatic nitrogens is 3. The van der Waals surface area contributed by atoms with Crippen LogP contribution < -0.4 is 10.5 Å². The number of hydrogen-bond acceptors (Lipinski definition) is 6. The molecule has 3 rings (SSSR count). The van der Waals surface area contributed by atoms with E-state index in [0.29, 0.717) is 24.9 Å². The Kier molecular flexibility index (Phi) is 7.36. The molecule has 34 heavy (non-hydrogen) atoms. The number of nitrogens with one attached hydrogen (secondary N) is 1. The zero-order valence-corrected chi connectivity index (χ0v) is 17.9. The van der Waals surface area contributed by atoms with Crippen molar-refractivity contribution in [3.05, 3.63) is 51.7 Å². The van der Waals surface area contributed by atoms with Crippen LogP contribution in [0.4, 0.5) is 37.1 Å². The van der Waals surface area contributed by atoms with Gasteiger partial charge in [0.2, 0.25) is 5.95 Å². The Morgan fingerprint density at radius 2 is 1.82 bits per heavy atom. The molecule has 186 valence electrons. The lowest BCUT2D eigenvalue weighted by molar-refractivity contribution is -0.139. The quantitative estimate of drug-likeness (QED) is 0.642.